The van der Waals surface area contributed by atoms with E-state index in [1.165, 1.54) is 0 Å². The standard InChI is InChI=1S/C11H20N4O5/c1-3-6(2)9(10(18)19)14-11(20)15(4-7(12)16)5-8(13)17/h6,9H,3-5H2,1-2H3,(H2,12,16)(H2,13,17)(H,14,20)(H,18,19). The number of urea groups is 1. The molecule has 6 N–H and O–H groups in total. The first kappa shape index (κ1) is 17.7. The van der Waals surface area contributed by atoms with E-state index in [1.54, 1.807) is 13.8 Å². The van der Waals surface area contributed by atoms with Crippen LogP contribution in [0.25, 0.3) is 0 Å². The number of carboxylic acid groups (broad SMARTS) is 1. The van der Waals surface area contributed by atoms with Gasteiger partial charge in [0.05, 0.1) is 0 Å². The van der Waals surface area contributed by atoms with Crippen molar-refractivity contribution >= 4 is 23.8 Å². The molecule has 2 unspecified atom stereocenters. The molecule has 0 aliphatic carbocycles. The summed E-state index contributed by atoms with van der Waals surface area (Å²) >= 11 is 0. The molecule has 0 aliphatic heterocycles. The van der Waals surface area contributed by atoms with E-state index in [1.807, 2.05) is 0 Å². The molecule has 9 heteroatoms. The molecule has 0 spiro atoms. The van der Waals surface area contributed by atoms with Crippen LogP contribution in [-0.2, 0) is 14.4 Å². The number of amides is 4. The Balaban J connectivity index is 4.91. The van der Waals surface area contributed by atoms with Crippen molar-refractivity contribution in [2.75, 3.05) is 13.1 Å². The number of nitrogens with one attached hydrogen (secondary N) is 1. The van der Waals surface area contributed by atoms with E-state index >= 15 is 0 Å². The topological polar surface area (TPSA) is 156 Å². The molecule has 9 nitrogen and oxygen atoms in total. The van der Waals surface area contributed by atoms with Crippen LogP contribution in [0.5, 0.6) is 0 Å². The van der Waals surface area contributed by atoms with E-state index in [0.29, 0.717) is 6.42 Å². The third-order valence-electron chi connectivity index (χ3n) is 2.74. The lowest BCUT2D eigenvalue weighted by Crippen LogP contribution is -2.53. The minimum Gasteiger partial charge on any atom is -0.480 e. The Kier molecular flexibility index (Phi) is 7.05. The summed E-state index contributed by atoms with van der Waals surface area (Å²) in [7, 11) is 0. The van der Waals surface area contributed by atoms with Crippen LogP contribution >= 0.6 is 0 Å². The predicted octanol–water partition coefficient (Wildman–Crippen LogP) is -1.53. The fourth-order valence-corrected chi connectivity index (χ4v) is 1.48. The largest absolute Gasteiger partial charge is 0.480 e. The first-order valence-electron chi connectivity index (χ1n) is 6.03. The Morgan fingerprint density at radius 3 is 1.90 bits per heavy atom. The van der Waals surface area contributed by atoms with Gasteiger partial charge in [0.15, 0.2) is 0 Å². The normalized spacial score (nSPS) is 13.1. The Bertz CT molecular complexity index is 382. The minimum absolute atomic E-state index is 0.319. The number of carboxylic acids is 1. The second-order valence-electron chi connectivity index (χ2n) is 4.44. The van der Waals surface area contributed by atoms with E-state index in [9.17, 15) is 19.2 Å². The number of hydrogen-bond donors (Lipinski definition) is 4. The maximum atomic E-state index is 11.9. The highest BCUT2D eigenvalue weighted by molar-refractivity contribution is 5.89. The Labute approximate surface area is 116 Å². The minimum atomic E-state index is -1.20. The van der Waals surface area contributed by atoms with Crippen LogP contribution in [0, 0.1) is 5.92 Å². The van der Waals surface area contributed by atoms with Gasteiger partial charge < -0.3 is 26.8 Å². The predicted molar refractivity (Wildman–Crippen MR) is 69.4 cm³/mol. The summed E-state index contributed by atoms with van der Waals surface area (Å²) < 4.78 is 0. The summed E-state index contributed by atoms with van der Waals surface area (Å²) in [4.78, 5) is 45.4. The molecule has 0 saturated carbocycles. The van der Waals surface area contributed by atoms with Gasteiger partial charge in [-0.2, -0.15) is 0 Å². The lowest BCUT2D eigenvalue weighted by Gasteiger charge is -2.25. The molecular formula is C11H20N4O5. The molecule has 0 rings (SSSR count). The Hall–Kier alpha value is -2.32. The average molecular weight is 288 g/mol. The van der Waals surface area contributed by atoms with E-state index in [4.69, 9.17) is 16.6 Å². The van der Waals surface area contributed by atoms with Crippen LogP contribution in [0.1, 0.15) is 20.3 Å². The Morgan fingerprint density at radius 1 is 1.15 bits per heavy atom. The molecule has 0 saturated heterocycles. The molecular weight excluding hydrogens is 268 g/mol. The fraction of sp³-hybridized carbons (Fsp3) is 0.636. The average Bonchev–Trinajstić information content (AvgIpc) is 2.32. The third kappa shape index (κ3) is 6.03. The number of nitrogens with zero attached hydrogens (tertiary/aromatic N) is 1. The van der Waals surface area contributed by atoms with Gasteiger partial charge in [-0.1, -0.05) is 20.3 Å². The molecule has 0 aromatic heterocycles. The zero-order chi connectivity index (χ0) is 15.9. The van der Waals surface area contributed by atoms with Gasteiger partial charge in [-0.3, -0.25) is 9.59 Å². The monoisotopic (exact) mass is 288 g/mol. The van der Waals surface area contributed by atoms with Gasteiger partial charge in [-0.05, 0) is 5.92 Å². The number of primary amides is 2. The molecule has 0 aliphatic rings. The molecule has 0 aromatic rings. The van der Waals surface area contributed by atoms with Gasteiger partial charge in [0.1, 0.15) is 19.1 Å². The molecule has 0 radical (unpaired) electrons. The van der Waals surface area contributed by atoms with Gasteiger partial charge in [0.2, 0.25) is 11.8 Å². The summed E-state index contributed by atoms with van der Waals surface area (Å²) in [6, 6.07) is -2.01. The van der Waals surface area contributed by atoms with Gasteiger partial charge in [-0.15, -0.1) is 0 Å². The van der Waals surface area contributed by atoms with Gasteiger partial charge in [-0.25, -0.2) is 9.59 Å². The third-order valence-corrected chi connectivity index (χ3v) is 2.74. The molecule has 114 valence electrons. The number of nitrogens with two attached hydrogens (primary N) is 2. The van der Waals surface area contributed by atoms with E-state index in [-0.39, 0.29) is 5.92 Å². The quantitative estimate of drug-likeness (QED) is 0.426. The molecule has 0 heterocycles. The SMILES string of the molecule is CCC(C)C(NC(=O)N(CC(N)=O)CC(N)=O)C(=O)O. The number of hydrogen-bond acceptors (Lipinski definition) is 4. The van der Waals surface area contributed by atoms with Crippen molar-refractivity contribution in [3.05, 3.63) is 0 Å². The van der Waals surface area contributed by atoms with Crippen molar-refractivity contribution in [1.82, 2.24) is 10.2 Å². The van der Waals surface area contributed by atoms with Crippen molar-refractivity contribution in [1.29, 1.82) is 0 Å². The first-order valence-corrected chi connectivity index (χ1v) is 6.03. The first-order chi connectivity index (χ1) is 9.18. The Morgan fingerprint density at radius 2 is 1.60 bits per heavy atom. The molecule has 4 amide bonds. The number of aliphatic carboxylic acids is 1. The lowest BCUT2D eigenvalue weighted by molar-refractivity contribution is -0.140. The van der Waals surface area contributed by atoms with Crippen LogP contribution in [0.2, 0.25) is 0 Å². The van der Waals surface area contributed by atoms with Crippen LogP contribution in [0.4, 0.5) is 4.79 Å². The van der Waals surface area contributed by atoms with Crippen LogP contribution in [0.15, 0.2) is 0 Å². The molecule has 0 fully saturated rings. The summed E-state index contributed by atoms with van der Waals surface area (Å²) in [5.74, 6) is -3.19. The highest BCUT2D eigenvalue weighted by atomic mass is 16.4. The lowest BCUT2D eigenvalue weighted by atomic mass is 9.99. The molecule has 0 bridgehead atoms. The van der Waals surface area contributed by atoms with Crippen LogP contribution in [0.3, 0.4) is 0 Å². The maximum Gasteiger partial charge on any atom is 0.326 e. The maximum absolute atomic E-state index is 11.9. The van der Waals surface area contributed by atoms with Gasteiger partial charge >= 0.3 is 12.0 Å². The van der Waals surface area contributed by atoms with Crippen molar-refractivity contribution in [2.24, 2.45) is 17.4 Å². The smallest absolute Gasteiger partial charge is 0.326 e. The highest BCUT2D eigenvalue weighted by Crippen LogP contribution is 2.08. The molecule has 2 atom stereocenters. The van der Waals surface area contributed by atoms with Crippen LogP contribution in [-0.4, -0.2) is 53.0 Å². The number of carbonyl (C=O) groups excluding carboxylic acids is 3. The fourth-order valence-electron chi connectivity index (χ4n) is 1.48. The van der Waals surface area contributed by atoms with E-state index < -0.39 is 42.9 Å². The van der Waals surface area contributed by atoms with Gasteiger partial charge in [0.25, 0.3) is 0 Å². The second kappa shape index (κ2) is 7.97. The van der Waals surface area contributed by atoms with Crippen LogP contribution < -0.4 is 16.8 Å². The van der Waals surface area contributed by atoms with Crippen molar-refractivity contribution in [3.63, 3.8) is 0 Å². The summed E-state index contributed by atoms with van der Waals surface area (Å²) in [5.41, 5.74) is 9.91. The summed E-state index contributed by atoms with van der Waals surface area (Å²) in [6.45, 7) is 2.38. The number of carbonyl (C=O) groups is 4. The second-order valence-corrected chi connectivity index (χ2v) is 4.44. The van der Waals surface area contributed by atoms with Crippen molar-refractivity contribution in [3.8, 4) is 0 Å². The molecule has 20 heavy (non-hydrogen) atoms. The summed E-state index contributed by atoms with van der Waals surface area (Å²) in [5, 5.41) is 11.3. The van der Waals surface area contributed by atoms with Crippen molar-refractivity contribution < 1.29 is 24.3 Å². The zero-order valence-corrected chi connectivity index (χ0v) is 11.5. The van der Waals surface area contributed by atoms with Gasteiger partial charge in [0, 0.05) is 0 Å². The zero-order valence-electron chi connectivity index (χ0n) is 11.5. The molecule has 0 aromatic carbocycles. The van der Waals surface area contributed by atoms with Crippen molar-refractivity contribution in [2.45, 2.75) is 26.3 Å². The summed E-state index contributed by atoms with van der Waals surface area (Å²) in [6.07, 6.45) is 0.531. The van der Waals surface area contributed by atoms with E-state index in [0.717, 1.165) is 4.90 Å². The highest BCUT2D eigenvalue weighted by Gasteiger charge is 2.28. The number of rotatable bonds is 8. The van der Waals surface area contributed by atoms with E-state index in [2.05, 4.69) is 5.32 Å².